The number of Topliss-reactive ketones (excluding diaryl/α,β-unsaturated/α-hetero) is 2. The molecule has 0 spiro atoms. The van der Waals surface area contributed by atoms with Crippen molar-refractivity contribution in [3.63, 3.8) is 0 Å². The molecule has 1 saturated heterocycles. The van der Waals surface area contributed by atoms with Crippen molar-refractivity contribution in [3.05, 3.63) is 107 Å². The van der Waals surface area contributed by atoms with Crippen molar-refractivity contribution < 1.29 is 84.0 Å². The van der Waals surface area contributed by atoms with Crippen LogP contribution in [0.5, 0.6) is 0 Å². The topological polar surface area (TPSA) is 180 Å². The van der Waals surface area contributed by atoms with Crippen molar-refractivity contribution >= 4 is 29.5 Å². The van der Waals surface area contributed by atoms with E-state index in [2.05, 4.69) is 17.4 Å². The first kappa shape index (κ1) is 48.9. The molecule has 4 rings (SSSR count). The van der Waals surface area contributed by atoms with Gasteiger partial charge in [-0.25, -0.2) is 0 Å². The Kier molecular flexibility index (Phi) is 23.0. The van der Waals surface area contributed by atoms with Gasteiger partial charge in [-0.2, -0.15) is 0 Å². The molecule has 3 aromatic rings. The number of nitrogens with zero attached hydrogens (tertiary/aromatic N) is 4. The number of rotatable bonds is 22. The van der Waals surface area contributed by atoms with E-state index < -0.39 is 17.9 Å². The molecule has 0 unspecified atom stereocenters. The molecule has 1 fully saturated rings. The van der Waals surface area contributed by atoms with Gasteiger partial charge in [-0.15, -0.1) is 0 Å². The van der Waals surface area contributed by atoms with E-state index in [1.165, 1.54) is 0 Å². The van der Waals surface area contributed by atoms with Gasteiger partial charge in [0.05, 0.1) is 38.8 Å². The Balaban J connectivity index is 0.00000900. The zero-order chi connectivity index (χ0) is 40.8. The molecule has 1 atom stereocenters. The van der Waals surface area contributed by atoms with E-state index in [4.69, 9.17) is 4.74 Å². The van der Waals surface area contributed by atoms with Crippen molar-refractivity contribution in [1.82, 2.24) is 24.9 Å². The van der Waals surface area contributed by atoms with Gasteiger partial charge in [0.25, 0.3) is 0 Å². The van der Waals surface area contributed by atoms with Gasteiger partial charge in [0.2, 0.25) is 0 Å². The molecule has 1 heterocycles. The Morgan fingerprint density at radius 2 is 0.966 bits per heavy atom. The van der Waals surface area contributed by atoms with E-state index in [9.17, 15) is 39.3 Å². The minimum Gasteiger partial charge on any atom is -0.480 e. The number of benzene rings is 3. The Bertz CT molecular complexity index is 1670. The predicted molar refractivity (Wildman–Crippen MR) is 215 cm³/mol. The first-order valence-corrected chi connectivity index (χ1v) is 19.6. The van der Waals surface area contributed by atoms with E-state index in [0.717, 1.165) is 28.7 Å². The monoisotopic (exact) mass is 945 g/mol. The summed E-state index contributed by atoms with van der Waals surface area (Å²) in [6.45, 7) is 3.12. The fourth-order valence-corrected chi connectivity index (χ4v) is 6.74. The maximum atomic E-state index is 13.3. The molecule has 4 N–H and O–H groups in total. The number of aliphatic carboxylic acids is 3. The summed E-state index contributed by atoms with van der Waals surface area (Å²) in [7, 11) is 0. The smallest absolute Gasteiger partial charge is 0.317 e. The number of hydrogen-bond donors (Lipinski definition) is 4. The molecule has 0 amide bonds. The van der Waals surface area contributed by atoms with Crippen molar-refractivity contribution in [3.8, 4) is 0 Å². The first-order valence-electron chi connectivity index (χ1n) is 19.6. The third-order valence-corrected chi connectivity index (χ3v) is 9.98. The molecule has 0 bridgehead atoms. The van der Waals surface area contributed by atoms with Crippen LogP contribution in [0.2, 0.25) is 0 Å². The third kappa shape index (κ3) is 20.0. The van der Waals surface area contributed by atoms with Crippen LogP contribution in [0.4, 0.5) is 0 Å². The van der Waals surface area contributed by atoms with Crippen LogP contribution in [0, 0.1) is 39.9 Å². The number of hydrogen-bond acceptors (Lipinski definition) is 11. The minimum atomic E-state index is -1.01. The number of ketones is 2. The van der Waals surface area contributed by atoms with Crippen molar-refractivity contribution in [2.45, 2.75) is 44.9 Å². The number of ether oxygens (including phenoxy) is 1. The molecular formula is C43H57GdN5O9. The summed E-state index contributed by atoms with van der Waals surface area (Å²) in [6.07, 6.45) is 2.22. The largest absolute Gasteiger partial charge is 0.480 e. The summed E-state index contributed by atoms with van der Waals surface area (Å²) in [5.41, 5.74) is 4.18. The summed E-state index contributed by atoms with van der Waals surface area (Å²) in [5.74, 6) is -2.98. The van der Waals surface area contributed by atoms with Gasteiger partial charge in [-0.1, -0.05) is 84.9 Å². The van der Waals surface area contributed by atoms with E-state index in [0.29, 0.717) is 84.8 Å². The number of nitrogens with one attached hydrogen (secondary N) is 1. The third-order valence-electron chi connectivity index (χ3n) is 9.98. The average molecular weight is 945 g/mol. The van der Waals surface area contributed by atoms with Crippen molar-refractivity contribution in [1.29, 1.82) is 0 Å². The molecule has 1 aliphatic heterocycles. The van der Waals surface area contributed by atoms with Gasteiger partial charge in [-0.05, 0) is 41.5 Å². The minimum absolute atomic E-state index is 0. The van der Waals surface area contributed by atoms with Crippen molar-refractivity contribution in [2.24, 2.45) is 0 Å². The quantitative estimate of drug-likeness (QED) is 0.116. The number of carboxylic acid groups (broad SMARTS) is 3. The Labute approximate surface area is 373 Å². The van der Waals surface area contributed by atoms with Gasteiger partial charge in [0.15, 0.2) is 5.78 Å². The Morgan fingerprint density at radius 3 is 1.43 bits per heavy atom. The number of carbonyl (C=O) groups excluding carboxylic acids is 2. The summed E-state index contributed by atoms with van der Waals surface area (Å²) >= 11 is 0. The molecule has 0 aliphatic carbocycles. The van der Waals surface area contributed by atoms with E-state index in [1.807, 2.05) is 77.7 Å². The molecule has 14 nitrogen and oxygen atoms in total. The van der Waals surface area contributed by atoms with Gasteiger partial charge >= 0.3 is 17.9 Å². The van der Waals surface area contributed by atoms with Crippen LogP contribution < -0.4 is 5.32 Å². The fourth-order valence-electron chi connectivity index (χ4n) is 6.74. The molecule has 0 saturated carbocycles. The van der Waals surface area contributed by atoms with Crippen LogP contribution in [-0.4, -0.2) is 156 Å². The first-order chi connectivity index (χ1) is 27.5. The molecule has 0 radical (unpaired) electrons. The maximum Gasteiger partial charge on any atom is 0.317 e. The second kappa shape index (κ2) is 27.3. The zero-order valence-electron chi connectivity index (χ0n) is 33.0. The normalized spacial score (nSPS) is 15.7. The van der Waals surface area contributed by atoms with Crippen LogP contribution in [0.3, 0.4) is 0 Å². The molecule has 316 valence electrons. The molecule has 15 heteroatoms. The van der Waals surface area contributed by atoms with E-state index in [1.54, 1.807) is 14.7 Å². The van der Waals surface area contributed by atoms with Gasteiger partial charge < -0.3 is 25.4 Å². The number of carbonyl (C=O) groups is 5. The van der Waals surface area contributed by atoms with E-state index in [-0.39, 0.29) is 90.3 Å². The number of carboxylic acids is 3. The van der Waals surface area contributed by atoms with Crippen LogP contribution in [0.15, 0.2) is 84.9 Å². The van der Waals surface area contributed by atoms with Gasteiger partial charge in [0.1, 0.15) is 12.4 Å². The molecule has 58 heavy (non-hydrogen) atoms. The SMILES string of the molecule is O=C(O)CN1CCN(CC(=O)O)CCN(CC(=O)CCc2ccc(CN[C@H](CCc3ccccc3)C(=O)COCc3ccccc3)cc2)CCN(CC(=O)O)CC1.[Gd]. The zero-order valence-corrected chi connectivity index (χ0v) is 35.3. The predicted octanol–water partition coefficient (Wildman–Crippen LogP) is 2.54. The van der Waals surface area contributed by atoms with Crippen LogP contribution in [0.25, 0.3) is 0 Å². The summed E-state index contributed by atoms with van der Waals surface area (Å²) in [5, 5.41) is 31.8. The molecular weight excluding hydrogens is 888 g/mol. The maximum absolute atomic E-state index is 13.3. The standard InChI is InChI=1S/C43H57N5O9.Gd/c49-38(28-45-19-21-46(29-41(51)52)23-25-48(31-43(55)56)26-24-47(22-20-45)30-42(53)54)17-15-35-11-13-36(14-12-35)27-44-39(18-16-34-7-3-1-4-8-34)40(50)33-57-32-37-9-5-2-6-10-37;/h1-14,39,44H,15-33H2,(H,51,52)(H,53,54)(H,55,56);/t39-;/m1./s1. The molecule has 1 aliphatic rings. The van der Waals surface area contributed by atoms with Crippen LogP contribution in [0.1, 0.15) is 35.1 Å². The van der Waals surface area contributed by atoms with Gasteiger partial charge in [-0.3, -0.25) is 43.6 Å². The summed E-state index contributed by atoms with van der Waals surface area (Å²) < 4.78 is 5.77. The van der Waals surface area contributed by atoms with Crippen molar-refractivity contribution in [2.75, 3.05) is 85.1 Å². The fraction of sp³-hybridized carbons (Fsp3) is 0.465. The molecule has 0 aromatic heterocycles. The second-order valence-electron chi connectivity index (χ2n) is 14.5. The number of aryl methyl sites for hydroxylation is 2. The van der Waals surface area contributed by atoms with Gasteiger partial charge in [0, 0.05) is 105 Å². The van der Waals surface area contributed by atoms with E-state index >= 15 is 0 Å². The Morgan fingerprint density at radius 1 is 0.552 bits per heavy atom. The van der Waals surface area contributed by atoms with Crippen LogP contribution in [-0.2, 0) is 54.7 Å². The molecule has 3 aromatic carbocycles. The summed E-state index contributed by atoms with van der Waals surface area (Å²) in [6, 6.07) is 27.4. The second-order valence-corrected chi connectivity index (χ2v) is 14.5. The summed E-state index contributed by atoms with van der Waals surface area (Å²) in [4.78, 5) is 68.3. The van der Waals surface area contributed by atoms with Crippen LogP contribution >= 0.6 is 0 Å². The Hall–Kier alpha value is -3.51. The average Bonchev–Trinajstić information content (AvgIpc) is 3.18.